The lowest BCUT2D eigenvalue weighted by Gasteiger charge is -2.18. The van der Waals surface area contributed by atoms with Gasteiger partial charge >= 0.3 is 0 Å². The zero-order valence-electron chi connectivity index (χ0n) is 19.0. The Balaban J connectivity index is 4.56. The molecule has 5 unspecified atom stereocenters. The topological polar surface area (TPSA) is 57.5 Å². The van der Waals surface area contributed by atoms with Gasteiger partial charge in [-0.3, -0.25) is 4.79 Å². The van der Waals surface area contributed by atoms with Crippen LogP contribution in [0.1, 0.15) is 74.1 Å². The first-order valence-corrected chi connectivity index (χ1v) is 10.6. The molecule has 0 aromatic rings. The first kappa shape index (κ1) is 26.6. The Bertz CT molecular complexity index is 568. The van der Waals surface area contributed by atoms with Gasteiger partial charge in [-0.1, -0.05) is 63.6 Å². The predicted octanol–water partition coefficient (Wildman–Crippen LogP) is 5.79. The zero-order valence-corrected chi connectivity index (χ0v) is 19.0. The zero-order chi connectivity index (χ0) is 21.7. The van der Waals surface area contributed by atoms with Crippen LogP contribution in [0, 0.1) is 17.8 Å². The Labute approximate surface area is 172 Å². The molecular weight excluding hydrogens is 348 g/mol. The lowest BCUT2D eigenvalue weighted by atomic mass is 9.93. The molecule has 0 aromatic carbocycles. The quantitative estimate of drug-likeness (QED) is 0.238. The van der Waals surface area contributed by atoms with Gasteiger partial charge in [0.2, 0.25) is 0 Å². The number of allylic oxidation sites excluding steroid dienone is 6. The SMILES string of the molecule is CCC(O)C(C)/C=C(\C)CC(C)/C=C/C=C(\C)C(O)C(C)CC/C=C/C(C)=O. The summed E-state index contributed by atoms with van der Waals surface area (Å²) in [6.07, 6.45) is 14.5. The molecule has 0 amide bonds. The Morgan fingerprint density at radius 1 is 1.07 bits per heavy atom. The van der Waals surface area contributed by atoms with Gasteiger partial charge < -0.3 is 10.2 Å². The molecule has 3 heteroatoms. The smallest absolute Gasteiger partial charge is 0.152 e. The van der Waals surface area contributed by atoms with Crippen molar-refractivity contribution in [2.75, 3.05) is 0 Å². The molecule has 0 saturated heterocycles. The van der Waals surface area contributed by atoms with E-state index >= 15 is 0 Å². The third-order valence-corrected chi connectivity index (χ3v) is 5.16. The summed E-state index contributed by atoms with van der Waals surface area (Å²) in [4.78, 5) is 10.9. The highest BCUT2D eigenvalue weighted by Crippen LogP contribution is 2.19. The van der Waals surface area contributed by atoms with E-state index in [0.717, 1.165) is 31.3 Å². The van der Waals surface area contributed by atoms with Crippen LogP contribution in [0.25, 0.3) is 0 Å². The highest BCUT2D eigenvalue weighted by atomic mass is 16.3. The standard InChI is InChI=1S/C25H42O3/c1-8-24(27)22(6)17-19(3)16-18(2)12-11-14-21(5)25(28)20(4)13-9-10-15-23(7)26/h10-12,14-15,17-18,20,22,24-25,27-28H,8-9,13,16H2,1-7H3/b12-11+,15-10+,19-17+,21-14+. The second-order valence-corrected chi connectivity index (χ2v) is 8.34. The first-order valence-electron chi connectivity index (χ1n) is 10.6. The number of aliphatic hydroxyl groups is 2. The van der Waals surface area contributed by atoms with Gasteiger partial charge in [0.15, 0.2) is 5.78 Å². The maximum absolute atomic E-state index is 10.9. The molecule has 0 spiro atoms. The molecule has 0 fully saturated rings. The van der Waals surface area contributed by atoms with Crippen molar-refractivity contribution in [1.82, 2.24) is 0 Å². The Morgan fingerprint density at radius 2 is 1.71 bits per heavy atom. The number of aliphatic hydroxyl groups excluding tert-OH is 2. The predicted molar refractivity (Wildman–Crippen MR) is 120 cm³/mol. The minimum Gasteiger partial charge on any atom is -0.393 e. The lowest BCUT2D eigenvalue weighted by molar-refractivity contribution is -0.112. The van der Waals surface area contributed by atoms with Crippen LogP contribution < -0.4 is 0 Å². The summed E-state index contributed by atoms with van der Waals surface area (Å²) in [6, 6.07) is 0. The number of rotatable bonds is 13. The first-order chi connectivity index (χ1) is 13.1. The second-order valence-electron chi connectivity index (χ2n) is 8.34. The van der Waals surface area contributed by atoms with E-state index in [2.05, 4.69) is 32.9 Å². The largest absolute Gasteiger partial charge is 0.393 e. The summed E-state index contributed by atoms with van der Waals surface area (Å²) in [7, 11) is 0. The van der Waals surface area contributed by atoms with Crippen molar-refractivity contribution in [2.45, 2.75) is 86.4 Å². The average Bonchev–Trinajstić information content (AvgIpc) is 2.62. The van der Waals surface area contributed by atoms with Crippen molar-refractivity contribution in [2.24, 2.45) is 17.8 Å². The third kappa shape index (κ3) is 12.1. The van der Waals surface area contributed by atoms with Crippen molar-refractivity contribution < 1.29 is 15.0 Å². The highest BCUT2D eigenvalue weighted by molar-refractivity contribution is 5.87. The Hall–Kier alpha value is -1.45. The van der Waals surface area contributed by atoms with Crippen molar-refractivity contribution in [3.05, 3.63) is 47.6 Å². The van der Waals surface area contributed by atoms with E-state index in [1.54, 1.807) is 13.0 Å². The monoisotopic (exact) mass is 390 g/mol. The molecule has 28 heavy (non-hydrogen) atoms. The summed E-state index contributed by atoms with van der Waals surface area (Å²) in [5, 5.41) is 20.3. The fourth-order valence-corrected chi connectivity index (χ4v) is 3.29. The van der Waals surface area contributed by atoms with Gasteiger partial charge in [0.05, 0.1) is 12.2 Å². The number of carbonyl (C=O) groups excluding carboxylic acids is 1. The van der Waals surface area contributed by atoms with E-state index in [1.807, 2.05) is 39.0 Å². The van der Waals surface area contributed by atoms with Crippen molar-refractivity contribution in [3.8, 4) is 0 Å². The van der Waals surface area contributed by atoms with Crippen LogP contribution in [0.15, 0.2) is 47.6 Å². The van der Waals surface area contributed by atoms with E-state index in [1.165, 1.54) is 5.57 Å². The molecule has 2 N–H and O–H groups in total. The Morgan fingerprint density at radius 3 is 2.29 bits per heavy atom. The summed E-state index contributed by atoms with van der Waals surface area (Å²) in [5.74, 6) is 0.794. The van der Waals surface area contributed by atoms with Crippen LogP contribution in [0.5, 0.6) is 0 Å². The van der Waals surface area contributed by atoms with Crippen molar-refractivity contribution in [1.29, 1.82) is 0 Å². The minimum absolute atomic E-state index is 0.0598. The van der Waals surface area contributed by atoms with Gasteiger partial charge in [-0.15, -0.1) is 0 Å². The van der Waals surface area contributed by atoms with Crippen LogP contribution in [0.4, 0.5) is 0 Å². The van der Waals surface area contributed by atoms with Crippen LogP contribution in [-0.4, -0.2) is 28.2 Å². The van der Waals surface area contributed by atoms with Crippen LogP contribution in [0.2, 0.25) is 0 Å². The Kier molecular flexibility index (Phi) is 13.8. The van der Waals surface area contributed by atoms with E-state index in [-0.39, 0.29) is 23.7 Å². The van der Waals surface area contributed by atoms with Crippen LogP contribution in [-0.2, 0) is 4.79 Å². The molecule has 0 aliphatic carbocycles. The van der Waals surface area contributed by atoms with Gasteiger partial charge in [-0.05, 0) is 69.9 Å². The van der Waals surface area contributed by atoms with E-state index in [9.17, 15) is 15.0 Å². The fourth-order valence-electron chi connectivity index (χ4n) is 3.29. The van der Waals surface area contributed by atoms with E-state index in [4.69, 9.17) is 0 Å². The molecule has 0 heterocycles. The van der Waals surface area contributed by atoms with Gasteiger partial charge in [-0.25, -0.2) is 0 Å². The molecule has 0 aromatic heterocycles. The van der Waals surface area contributed by atoms with Crippen molar-refractivity contribution in [3.63, 3.8) is 0 Å². The molecule has 160 valence electrons. The molecule has 0 rings (SSSR count). The number of carbonyl (C=O) groups is 1. The van der Waals surface area contributed by atoms with Gasteiger partial charge in [0.25, 0.3) is 0 Å². The lowest BCUT2D eigenvalue weighted by Crippen LogP contribution is -2.18. The fraction of sp³-hybridized carbons (Fsp3) is 0.640. The molecule has 0 radical (unpaired) electrons. The van der Waals surface area contributed by atoms with Gasteiger partial charge in [-0.2, -0.15) is 0 Å². The van der Waals surface area contributed by atoms with E-state index < -0.39 is 6.10 Å². The maximum atomic E-state index is 10.9. The van der Waals surface area contributed by atoms with E-state index in [0.29, 0.717) is 5.92 Å². The molecule has 5 atom stereocenters. The molecule has 0 aliphatic rings. The third-order valence-electron chi connectivity index (χ3n) is 5.16. The second kappa shape index (κ2) is 14.5. The maximum Gasteiger partial charge on any atom is 0.152 e. The molecule has 3 nitrogen and oxygen atoms in total. The van der Waals surface area contributed by atoms with Gasteiger partial charge in [0.1, 0.15) is 0 Å². The van der Waals surface area contributed by atoms with Gasteiger partial charge in [0, 0.05) is 5.92 Å². The molecule has 0 aliphatic heterocycles. The molecule has 0 bridgehead atoms. The van der Waals surface area contributed by atoms with Crippen molar-refractivity contribution >= 4 is 5.78 Å². The molecule has 0 saturated carbocycles. The summed E-state index contributed by atoms with van der Waals surface area (Å²) in [5.41, 5.74) is 2.25. The van der Waals surface area contributed by atoms with Crippen LogP contribution >= 0.6 is 0 Å². The number of ketones is 1. The summed E-state index contributed by atoms with van der Waals surface area (Å²) >= 11 is 0. The minimum atomic E-state index is -0.469. The summed E-state index contributed by atoms with van der Waals surface area (Å²) in [6.45, 7) is 13.9. The average molecular weight is 391 g/mol. The highest BCUT2D eigenvalue weighted by Gasteiger charge is 2.14. The molecular formula is C25H42O3. The summed E-state index contributed by atoms with van der Waals surface area (Å²) < 4.78 is 0. The number of hydrogen-bond acceptors (Lipinski definition) is 3. The number of hydrogen-bond donors (Lipinski definition) is 2. The van der Waals surface area contributed by atoms with Crippen LogP contribution in [0.3, 0.4) is 0 Å². The normalized spacial score (nSPS) is 19.0.